The molecule has 0 aromatic heterocycles. The van der Waals surface area contributed by atoms with Gasteiger partial charge in [0.15, 0.2) is 0 Å². The van der Waals surface area contributed by atoms with Crippen LogP contribution in [-0.2, 0) is 10.0 Å². The van der Waals surface area contributed by atoms with Crippen LogP contribution in [0.3, 0.4) is 0 Å². The van der Waals surface area contributed by atoms with Crippen LogP contribution >= 0.6 is 0 Å². The van der Waals surface area contributed by atoms with Gasteiger partial charge in [-0.15, -0.1) is 0 Å². The Morgan fingerprint density at radius 1 is 0.938 bits per heavy atom. The molecule has 0 fully saturated rings. The second-order valence-electron chi connectivity index (χ2n) is 9.32. The van der Waals surface area contributed by atoms with Gasteiger partial charge in [0.05, 0.1) is 37.3 Å². The largest absolute Gasteiger partial charge is 0.495 e. The number of rotatable bonds is 12. The number of nitrogens with one attached hydrogen (secondary N) is 1. The molecule has 2 aromatic rings. The summed E-state index contributed by atoms with van der Waals surface area (Å²) in [7, 11) is -2.38. The highest BCUT2D eigenvalue weighted by Gasteiger charge is 2.30. The number of quaternary nitrogens is 1. The smallest absolute Gasteiger partial charge is 0.264 e. The average molecular weight is 464 g/mol. The van der Waals surface area contributed by atoms with E-state index in [0.717, 1.165) is 18.7 Å². The maximum Gasteiger partial charge on any atom is 0.264 e. The van der Waals surface area contributed by atoms with E-state index in [1.165, 1.54) is 16.3 Å². The van der Waals surface area contributed by atoms with Crippen molar-refractivity contribution in [3.8, 4) is 5.75 Å². The summed E-state index contributed by atoms with van der Waals surface area (Å²) in [5.41, 5.74) is 1.40. The van der Waals surface area contributed by atoms with Gasteiger partial charge in [-0.3, -0.25) is 4.31 Å². The number of hydrogen-bond donors (Lipinski definition) is 2. The van der Waals surface area contributed by atoms with Crippen LogP contribution in [0.2, 0.25) is 0 Å². The van der Waals surface area contributed by atoms with Crippen LogP contribution in [0, 0.1) is 18.8 Å². The molecule has 0 aliphatic rings. The van der Waals surface area contributed by atoms with Gasteiger partial charge in [0, 0.05) is 11.8 Å². The van der Waals surface area contributed by atoms with Gasteiger partial charge in [0.25, 0.3) is 10.0 Å². The van der Waals surface area contributed by atoms with Crippen molar-refractivity contribution in [1.82, 2.24) is 0 Å². The third-order valence-corrected chi connectivity index (χ3v) is 7.05. The number of benzene rings is 2. The molecule has 2 aromatic carbocycles. The molecule has 178 valence electrons. The van der Waals surface area contributed by atoms with E-state index in [1.807, 2.05) is 6.92 Å². The van der Waals surface area contributed by atoms with Crippen molar-refractivity contribution in [2.24, 2.45) is 11.8 Å². The van der Waals surface area contributed by atoms with Crippen molar-refractivity contribution in [2.45, 2.75) is 45.6 Å². The molecule has 0 unspecified atom stereocenters. The number of sulfonamides is 1. The third-order valence-electron chi connectivity index (χ3n) is 5.26. The molecule has 0 saturated heterocycles. The summed E-state index contributed by atoms with van der Waals surface area (Å²) in [6, 6.07) is 13.8. The Kier molecular flexibility index (Phi) is 9.55. The molecule has 2 N–H and O–H groups in total. The standard InChI is InChI=1S/C25H38N2O4S/c1-19(2)15-26(16-20(3)4)17-22(28)18-27(24-9-7-8-10-25(24)31-6)32(29,30)23-13-11-21(5)12-14-23/h7-14,19-20,22,28H,15-18H2,1-6H3/p+1/t22-/m0/s1. The van der Waals surface area contributed by atoms with Gasteiger partial charge in [-0.1, -0.05) is 57.5 Å². The summed E-state index contributed by atoms with van der Waals surface area (Å²) in [5.74, 6) is 1.42. The first-order valence-electron chi connectivity index (χ1n) is 11.3. The quantitative estimate of drug-likeness (QED) is 0.508. The maximum atomic E-state index is 13.6. The lowest BCUT2D eigenvalue weighted by molar-refractivity contribution is -0.909. The van der Waals surface area contributed by atoms with E-state index in [4.69, 9.17) is 4.74 Å². The van der Waals surface area contributed by atoms with Crippen LogP contribution in [0.5, 0.6) is 5.75 Å². The number of anilines is 1. The first-order chi connectivity index (χ1) is 15.0. The fraction of sp³-hybridized carbons (Fsp3) is 0.520. The lowest BCUT2D eigenvalue weighted by Crippen LogP contribution is -3.14. The van der Waals surface area contributed by atoms with Gasteiger partial charge in [0.1, 0.15) is 18.4 Å². The minimum absolute atomic E-state index is 0.0454. The molecule has 0 aliphatic carbocycles. The number of aliphatic hydroxyl groups excluding tert-OH is 1. The lowest BCUT2D eigenvalue weighted by atomic mass is 10.1. The SMILES string of the molecule is COc1ccccc1N(C[C@@H](O)C[NH+](CC(C)C)CC(C)C)S(=O)(=O)c1ccc(C)cc1. The first-order valence-corrected chi connectivity index (χ1v) is 12.7. The van der Waals surface area contributed by atoms with E-state index in [0.29, 0.717) is 29.8 Å². The van der Waals surface area contributed by atoms with Crippen LogP contribution in [0.15, 0.2) is 53.4 Å². The Balaban J connectivity index is 2.39. The van der Waals surface area contributed by atoms with Gasteiger partial charge >= 0.3 is 0 Å². The molecular weight excluding hydrogens is 424 g/mol. The molecule has 32 heavy (non-hydrogen) atoms. The normalized spacial score (nSPS) is 13.1. The van der Waals surface area contributed by atoms with Crippen molar-refractivity contribution >= 4 is 15.7 Å². The molecule has 0 spiro atoms. The molecule has 0 saturated carbocycles. The fourth-order valence-electron chi connectivity index (χ4n) is 3.99. The van der Waals surface area contributed by atoms with Gasteiger partial charge in [-0.05, 0) is 31.2 Å². The summed E-state index contributed by atoms with van der Waals surface area (Å²) >= 11 is 0. The Hall–Kier alpha value is -2.09. The summed E-state index contributed by atoms with van der Waals surface area (Å²) in [4.78, 5) is 1.46. The topological polar surface area (TPSA) is 71.3 Å². The zero-order chi connectivity index (χ0) is 23.9. The second kappa shape index (κ2) is 11.7. The number of hydrogen-bond acceptors (Lipinski definition) is 4. The molecule has 0 aliphatic heterocycles. The highest BCUT2D eigenvalue weighted by Crippen LogP contribution is 2.32. The number of nitrogens with zero attached hydrogens (tertiary/aromatic N) is 1. The van der Waals surface area contributed by atoms with Crippen LogP contribution in [-0.4, -0.2) is 52.9 Å². The van der Waals surface area contributed by atoms with Crippen LogP contribution < -0.4 is 13.9 Å². The summed E-state index contributed by atoms with van der Waals surface area (Å²) in [6.07, 6.45) is -0.826. The lowest BCUT2D eigenvalue weighted by Gasteiger charge is -2.30. The summed E-state index contributed by atoms with van der Waals surface area (Å²) in [6.45, 7) is 12.8. The molecule has 0 amide bonds. The maximum absolute atomic E-state index is 13.6. The van der Waals surface area contributed by atoms with Gasteiger partial charge < -0.3 is 14.7 Å². The Labute approximate surface area is 193 Å². The molecular formula is C25H39N2O4S+. The highest BCUT2D eigenvalue weighted by molar-refractivity contribution is 7.92. The van der Waals surface area contributed by atoms with Gasteiger partial charge in [0.2, 0.25) is 0 Å². The second-order valence-corrected chi connectivity index (χ2v) is 11.2. The Bertz CT molecular complexity index is 933. The molecule has 1 atom stereocenters. The minimum Gasteiger partial charge on any atom is -0.495 e. The van der Waals surface area contributed by atoms with E-state index in [2.05, 4.69) is 27.7 Å². The van der Waals surface area contributed by atoms with Gasteiger partial charge in [-0.2, -0.15) is 0 Å². The Morgan fingerprint density at radius 3 is 2.03 bits per heavy atom. The van der Waals surface area contributed by atoms with E-state index in [9.17, 15) is 13.5 Å². The molecule has 2 rings (SSSR count). The number of aryl methyl sites for hydroxylation is 1. The number of methoxy groups -OCH3 is 1. The highest BCUT2D eigenvalue weighted by atomic mass is 32.2. The van der Waals surface area contributed by atoms with Crippen LogP contribution in [0.4, 0.5) is 5.69 Å². The zero-order valence-electron chi connectivity index (χ0n) is 20.2. The molecule has 0 heterocycles. The van der Waals surface area contributed by atoms with Crippen LogP contribution in [0.25, 0.3) is 0 Å². The molecule has 6 nitrogen and oxygen atoms in total. The zero-order valence-corrected chi connectivity index (χ0v) is 21.0. The molecule has 7 heteroatoms. The van der Waals surface area contributed by atoms with Crippen molar-refractivity contribution in [3.63, 3.8) is 0 Å². The van der Waals surface area contributed by atoms with Crippen molar-refractivity contribution in [1.29, 1.82) is 0 Å². The summed E-state index contributed by atoms with van der Waals surface area (Å²) in [5, 5.41) is 11.0. The van der Waals surface area contributed by atoms with Gasteiger partial charge in [-0.25, -0.2) is 8.42 Å². The van der Waals surface area contributed by atoms with Crippen molar-refractivity contribution in [3.05, 3.63) is 54.1 Å². The van der Waals surface area contributed by atoms with E-state index < -0.39 is 16.1 Å². The van der Waals surface area contributed by atoms with Crippen molar-refractivity contribution in [2.75, 3.05) is 37.6 Å². The van der Waals surface area contributed by atoms with E-state index >= 15 is 0 Å². The summed E-state index contributed by atoms with van der Waals surface area (Å²) < 4.78 is 34.0. The average Bonchev–Trinajstić information content (AvgIpc) is 2.71. The predicted octanol–water partition coefficient (Wildman–Crippen LogP) is 2.76. The van der Waals surface area contributed by atoms with Crippen molar-refractivity contribution < 1.29 is 23.2 Å². The molecule has 0 bridgehead atoms. The van der Waals surface area contributed by atoms with E-state index in [-0.39, 0.29) is 11.4 Å². The number of para-hydroxylation sites is 2. The fourth-order valence-corrected chi connectivity index (χ4v) is 5.51. The predicted molar refractivity (Wildman–Crippen MR) is 130 cm³/mol. The van der Waals surface area contributed by atoms with E-state index in [1.54, 1.807) is 48.5 Å². The third kappa shape index (κ3) is 7.22. The number of ether oxygens (including phenoxy) is 1. The minimum atomic E-state index is -3.90. The number of aliphatic hydroxyl groups is 1. The first kappa shape index (κ1) is 26.2. The van der Waals surface area contributed by atoms with Crippen LogP contribution in [0.1, 0.15) is 33.3 Å². The Morgan fingerprint density at radius 2 is 1.50 bits per heavy atom. The monoisotopic (exact) mass is 463 g/mol. The molecule has 0 radical (unpaired) electrons.